The highest BCUT2D eigenvalue weighted by Gasteiger charge is 2.22. The van der Waals surface area contributed by atoms with Gasteiger partial charge in [0.25, 0.3) is 0 Å². The number of likely N-dealkylation sites (tertiary alicyclic amines) is 1. The van der Waals surface area contributed by atoms with E-state index >= 15 is 0 Å². The van der Waals surface area contributed by atoms with Crippen molar-refractivity contribution >= 4 is 5.78 Å². The summed E-state index contributed by atoms with van der Waals surface area (Å²) in [6.07, 6.45) is 0.471. The number of hydrogen-bond donors (Lipinski definition) is 1. The molecule has 1 fully saturated rings. The van der Waals surface area contributed by atoms with E-state index < -0.39 is 0 Å². The van der Waals surface area contributed by atoms with Crippen LogP contribution < -0.4 is 4.74 Å². The van der Waals surface area contributed by atoms with Crippen LogP contribution in [0.4, 0.5) is 0 Å². The fourth-order valence-corrected chi connectivity index (χ4v) is 2.05. The van der Waals surface area contributed by atoms with Gasteiger partial charge in [0.1, 0.15) is 5.75 Å². The van der Waals surface area contributed by atoms with Gasteiger partial charge in [0.15, 0.2) is 5.78 Å². The van der Waals surface area contributed by atoms with Gasteiger partial charge < -0.3 is 9.84 Å². The van der Waals surface area contributed by atoms with Crippen molar-refractivity contribution in [1.29, 1.82) is 0 Å². The standard InChI is InChI=1S/C13H17NO3/c1-17-12-4-2-3-10(7-12)13(16)9-14-6-5-11(15)8-14/h2-4,7,11,15H,5-6,8-9H2,1H3/t11-/m0/s1. The topological polar surface area (TPSA) is 49.8 Å². The molecular weight excluding hydrogens is 218 g/mol. The second-order valence-corrected chi connectivity index (χ2v) is 4.33. The molecule has 0 aromatic heterocycles. The number of β-amino-alcohol motifs (C(OH)–C–C–N with tert-alkyl or cyclic N) is 1. The molecule has 0 amide bonds. The first kappa shape index (κ1) is 12.1. The number of aliphatic hydroxyl groups excluding tert-OH is 1. The van der Waals surface area contributed by atoms with Crippen LogP contribution in [0.25, 0.3) is 0 Å². The third kappa shape index (κ3) is 3.05. The first-order chi connectivity index (χ1) is 8.19. The Hall–Kier alpha value is -1.39. The molecule has 0 bridgehead atoms. The summed E-state index contributed by atoms with van der Waals surface area (Å²) in [5.41, 5.74) is 0.658. The van der Waals surface area contributed by atoms with E-state index in [1.807, 2.05) is 17.0 Å². The maximum atomic E-state index is 12.0. The molecule has 0 spiro atoms. The Morgan fingerprint density at radius 2 is 2.41 bits per heavy atom. The van der Waals surface area contributed by atoms with Crippen LogP contribution in [0.15, 0.2) is 24.3 Å². The molecule has 4 heteroatoms. The summed E-state index contributed by atoms with van der Waals surface area (Å²) >= 11 is 0. The molecule has 1 aliphatic rings. The number of carbonyl (C=O) groups excluding carboxylic acids is 1. The number of Topliss-reactive ketones (excluding diaryl/α,β-unsaturated/α-hetero) is 1. The Bertz CT molecular complexity index is 405. The zero-order valence-electron chi connectivity index (χ0n) is 9.93. The van der Waals surface area contributed by atoms with E-state index in [-0.39, 0.29) is 11.9 Å². The summed E-state index contributed by atoms with van der Waals surface area (Å²) in [5, 5.41) is 9.39. The smallest absolute Gasteiger partial charge is 0.176 e. The predicted octanol–water partition coefficient (Wildman–Crippen LogP) is 0.944. The summed E-state index contributed by atoms with van der Waals surface area (Å²) in [5.74, 6) is 0.760. The number of hydrogen-bond acceptors (Lipinski definition) is 4. The Kier molecular flexibility index (Phi) is 3.76. The van der Waals surface area contributed by atoms with E-state index in [0.29, 0.717) is 24.4 Å². The van der Waals surface area contributed by atoms with E-state index in [2.05, 4.69) is 0 Å². The Labute approximate surface area is 101 Å². The minimum Gasteiger partial charge on any atom is -0.497 e. The van der Waals surface area contributed by atoms with Crippen molar-refractivity contribution < 1.29 is 14.6 Å². The monoisotopic (exact) mass is 235 g/mol. The average Bonchev–Trinajstić information content (AvgIpc) is 2.75. The maximum Gasteiger partial charge on any atom is 0.176 e. The number of ether oxygens (including phenoxy) is 1. The highest BCUT2D eigenvalue weighted by atomic mass is 16.5. The van der Waals surface area contributed by atoms with E-state index in [0.717, 1.165) is 13.0 Å². The largest absolute Gasteiger partial charge is 0.497 e. The van der Waals surface area contributed by atoms with Gasteiger partial charge in [-0.05, 0) is 18.6 Å². The van der Waals surface area contributed by atoms with Crippen LogP contribution in [-0.4, -0.2) is 48.6 Å². The lowest BCUT2D eigenvalue weighted by Gasteiger charge is -2.13. The summed E-state index contributed by atoms with van der Waals surface area (Å²) in [7, 11) is 1.58. The average molecular weight is 235 g/mol. The molecule has 1 N–H and O–H groups in total. The van der Waals surface area contributed by atoms with Crippen LogP contribution in [0.3, 0.4) is 0 Å². The van der Waals surface area contributed by atoms with Gasteiger partial charge in [-0.3, -0.25) is 9.69 Å². The minimum absolute atomic E-state index is 0.0676. The number of benzene rings is 1. The van der Waals surface area contributed by atoms with Crippen LogP contribution in [0, 0.1) is 0 Å². The summed E-state index contributed by atoms with van der Waals surface area (Å²) in [6, 6.07) is 7.16. The van der Waals surface area contributed by atoms with Crippen LogP contribution >= 0.6 is 0 Å². The van der Waals surface area contributed by atoms with Crippen molar-refractivity contribution in [1.82, 2.24) is 4.90 Å². The van der Waals surface area contributed by atoms with Crippen LogP contribution in [0.2, 0.25) is 0 Å². The van der Waals surface area contributed by atoms with E-state index in [4.69, 9.17) is 4.74 Å². The van der Waals surface area contributed by atoms with Gasteiger partial charge in [0.2, 0.25) is 0 Å². The van der Waals surface area contributed by atoms with Crippen molar-refractivity contribution in [3.05, 3.63) is 29.8 Å². The van der Waals surface area contributed by atoms with Crippen molar-refractivity contribution in [3.63, 3.8) is 0 Å². The number of aliphatic hydroxyl groups is 1. The second kappa shape index (κ2) is 5.29. The van der Waals surface area contributed by atoms with Gasteiger partial charge in [-0.25, -0.2) is 0 Å². The molecule has 1 aromatic carbocycles. The number of methoxy groups -OCH3 is 1. The number of rotatable bonds is 4. The van der Waals surface area contributed by atoms with Gasteiger partial charge in [-0.15, -0.1) is 0 Å². The molecule has 1 aliphatic heterocycles. The lowest BCUT2D eigenvalue weighted by Crippen LogP contribution is -2.28. The summed E-state index contributed by atoms with van der Waals surface area (Å²) < 4.78 is 5.09. The zero-order chi connectivity index (χ0) is 12.3. The first-order valence-electron chi connectivity index (χ1n) is 5.76. The molecule has 1 atom stereocenters. The van der Waals surface area contributed by atoms with Gasteiger partial charge in [-0.1, -0.05) is 12.1 Å². The fourth-order valence-electron chi connectivity index (χ4n) is 2.05. The Morgan fingerprint density at radius 3 is 3.06 bits per heavy atom. The molecule has 0 aliphatic carbocycles. The molecule has 92 valence electrons. The van der Waals surface area contributed by atoms with Gasteiger partial charge >= 0.3 is 0 Å². The fraction of sp³-hybridized carbons (Fsp3) is 0.462. The highest BCUT2D eigenvalue weighted by molar-refractivity contribution is 5.97. The van der Waals surface area contributed by atoms with Crippen LogP contribution in [0.5, 0.6) is 5.75 Å². The first-order valence-corrected chi connectivity index (χ1v) is 5.76. The molecule has 0 saturated carbocycles. The van der Waals surface area contributed by atoms with Crippen molar-refractivity contribution in [3.8, 4) is 5.75 Å². The lowest BCUT2D eigenvalue weighted by atomic mass is 10.1. The lowest BCUT2D eigenvalue weighted by molar-refractivity contribution is 0.0934. The molecule has 1 saturated heterocycles. The van der Waals surface area contributed by atoms with Gasteiger partial charge in [0, 0.05) is 18.7 Å². The molecule has 0 unspecified atom stereocenters. The van der Waals surface area contributed by atoms with E-state index in [1.54, 1.807) is 19.2 Å². The normalized spacial score (nSPS) is 20.5. The molecular formula is C13H17NO3. The molecule has 2 rings (SSSR count). The quantitative estimate of drug-likeness (QED) is 0.789. The van der Waals surface area contributed by atoms with Crippen molar-refractivity contribution in [2.45, 2.75) is 12.5 Å². The molecule has 0 radical (unpaired) electrons. The zero-order valence-corrected chi connectivity index (χ0v) is 9.93. The minimum atomic E-state index is -0.284. The van der Waals surface area contributed by atoms with Gasteiger partial charge in [0.05, 0.1) is 19.8 Å². The summed E-state index contributed by atoms with van der Waals surface area (Å²) in [6.45, 7) is 1.75. The van der Waals surface area contributed by atoms with E-state index in [9.17, 15) is 9.90 Å². The second-order valence-electron chi connectivity index (χ2n) is 4.33. The third-order valence-corrected chi connectivity index (χ3v) is 3.01. The Morgan fingerprint density at radius 1 is 1.59 bits per heavy atom. The predicted molar refractivity (Wildman–Crippen MR) is 64.4 cm³/mol. The van der Waals surface area contributed by atoms with Gasteiger partial charge in [-0.2, -0.15) is 0 Å². The SMILES string of the molecule is COc1cccc(C(=O)CN2CC[C@H](O)C2)c1. The van der Waals surface area contributed by atoms with Crippen LogP contribution in [0.1, 0.15) is 16.8 Å². The Balaban J connectivity index is 1.99. The van der Waals surface area contributed by atoms with Crippen molar-refractivity contribution in [2.75, 3.05) is 26.7 Å². The number of nitrogens with zero attached hydrogens (tertiary/aromatic N) is 1. The van der Waals surface area contributed by atoms with E-state index in [1.165, 1.54) is 0 Å². The number of ketones is 1. The molecule has 17 heavy (non-hydrogen) atoms. The molecule has 1 aromatic rings. The highest BCUT2D eigenvalue weighted by Crippen LogP contribution is 2.15. The number of carbonyl (C=O) groups is 1. The third-order valence-electron chi connectivity index (χ3n) is 3.01. The van der Waals surface area contributed by atoms with Crippen molar-refractivity contribution in [2.24, 2.45) is 0 Å². The maximum absolute atomic E-state index is 12.0. The summed E-state index contributed by atoms with van der Waals surface area (Å²) in [4.78, 5) is 14.0. The molecule has 4 nitrogen and oxygen atoms in total. The van der Waals surface area contributed by atoms with Crippen LogP contribution in [-0.2, 0) is 0 Å². The molecule has 1 heterocycles.